The molecule has 0 spiro atoms. The maximum Gasteiger partial charge on any atom is 0.273 e. The highest BCUT2D eigenvalue weighted by molar-refractivity contribution is 6.08. The normalized spacial score (nSPS) is 12.0. The van der Waals surface area contributed by atoms with Crippen LogP contribution < -0.4 is 10.6 Å². The average molecular weight is 358 g/mol. The minimum absolute atomic E-state index is 0.274. The molecule has 1 unspecified atom stereocenters. The van der Waals surface area contributed by atoms with E-state index < -0.39 is 11.9 Å². The van der Waals surface area contributed by atoms with Crippen molar-refractivity contribution in [2.24, 2.45) is 0 Å². The van der Waals surface area contributed by atoms with Crippen molar-refractivity contribution >= 4 is 39.2 Å². The number of carbonyl (C=O) groups excluding carboxylic acids is 2. The highest BCUT2D eigenvalue weighted by Crippen LogP contribution is 2.23. The number of carbonyl (C=O) groups is 2. The standard InChI is InChI=1S/C21H18N4O2/c1-13(22-21(27)19-16-10-4-5-11-18(16)24-25-19)20(26)23-17-12-6-8-14-7-2-3-9-15(14)17/h2-13H,1H3,(H,22,27)(H,23,26)(H,24,25). The lowest BCUT2D eigenvalue weighted by Gasteiger charge is -2.15. The highest BCUT2D eigenvalue weighted by atomic mass is 16.2. The maximum atomic E-state index is 12.6. The zero-order valence-corrected chi connectivity index (χ0v) is 14.7. The second-order valence-corrected chi connectivity index (χ2v) is 6.33. The number of H-pyrrole nitrogens is 1. The van der Waals surface area contributed by atoms with Gasteiger partial charge in [-0.25, -0.2) is 0 Å². The molecule has 0 bridgehead atoms. The van der Waals surface area contributed by atoms with E-state index in [2.05, 4.69) is 20.8 Å². The molecule has 1 atom stereocenters. The van der Waals surface area contributed by atoms with Gasteiger partial charge in [0.15, 0.2) is 5.69 Å². The fraction of sp³-hybridized carbons (Fsp3) is 0.0952. The lowest BCUT2D eigenvalue weighted by molar-refractivity contribution is -0.117. The summed E-state index contributed by atoms with van der Waals surface area (Å²) in [5.74, 6) is -0.687. The molecule has 2 amide bonds. The number of anilines is 1. The van der Waals surface area contributed by atoms with Crippen molar-refractivity contribution in [3.63, 3.8) is 0 Å². The summed E-state index contributed by atoms with van der Waals surface area (Å²) < 4.78 is 0. The van der Waals surface area contributed by atoms with Crippen molar-refractivity contribution < 1.29 is 9.59 Å². The summed E-state index contributed by atoms with van der Waals surface area (Å²) >= 11 is 0. The number of para-hydroxylation sites is 1. The molecular weight excluding hydrogens is 340 g/mol. The van der Waals surface area contributed by atoms with Gasteiger partial charge >= 0.3 is 0 Å². The number of fused-ring (bicyclic) bond motifs is 2. The minimum atomic E-state index is -0.716. The van der Waals surface area contributed by atoms with E-state index in [-0.39, 0.29) is 11.6 Å². The molecule has 6 heteroatoms. The quantitative estimate of drug-likeness (QED) is 0.522. The van der Waals surface area contributed by atoms with E-state index in [4.69, 9.17) is 0 Å². The lowest BCUT2D eigenvalue weighted by Crippen LogP contribution is -2.41. The third-order valence-electron chi connectivity index (χ3n) is 4.47. The maximum absolute atomic E-state index is 12.6. The van der Waals surface area contributed by atoms with Crippen molar-refractivity contribution in [1.29, 1.82) is 0 Å². The van der Waals surface area contributed by atoms with Crippen LogP contribution in [0.3, 0.4) is 0 Å². The van der Waals surface area contributed by atoms with Gasteiger partial charge in [0.2, 0.25) is 5.91 Å². The molecule has 1 heterocycles. The molecule has 0 radical (unpaired) electrons. The summed E-state index contributed by atoms with van der Waals surface area (Å²) in [5, 5.41) is 15.2. The van der Waals surface area contributed by atoms with Crippen molar-refractivity contribution in [2.75, 3.05) is 5.32 Å². The Morgan fingerprint density at radius 2 is 1.63 bits per heavy atom. The number of hydrogen-bond donors (Lipinski definition) is 3. The van der Waals surface area contributed by atoms with Gasteiger partial charge < -0.3 is 10.6 Å². The molecule has 3 aromatic carbocycles. The molecule has 1 aromatic heterocycles. The van der Waals surface area contributed by atoms with Crippen molar-refractivity contribution in [3.8, 4) is 0 Å². The Hall–Kier alpha value is -3.67. The first kappa shape index (κ1) is 16.8. The topological polar surface area (TPSA) is 86.9 Å². The van der Waals surface area contributed by atoms with Crippen LogP contribution in [0.2, 0.25) is 0 Å². The molecule has 4 rings (SSSR count). The first-order valence-corrected chi connectivity index (χ1v) is 8.66. The van der Waals surface area contributed by atoms with Crippen LogP contribution in [0.25, 0.3) is 21.7 Å². The zero-order valence-electron chi connectivity index (χ0n) is 14.7. The molecule has 3 N–H and O–H groups in total. The second kappa shape index (κ2) is 6.92. The molecule has 0 fully saturated rings. The smallest absolute Gasteiger partial charge is 0.273 e. The van der Waals surface area contributed by atoms with E-state index in [0.717, 1.165) is 21.7 Å². The second-order valence-electron chi connectivity index (χ2n) is 6.33. The molecular formula is C21H18N4O2. The number of amides is 2. The van der Waals surface area contributed by atoms with Gasteiger partial charge in [0.05, 0.1) is 5.52 Å². The Morgan fingerprint density at radius 3 is 2.48 bits per heavy atom. The van der Waals surface area contributed by atoms with Crippen LogP contribution in [0.15, 0.2) is 66.7 Å². The summed E-state index contributed by atoms with van der Waals surface area (Å²) in [6.07, 6.45) is 0. The van der Waals surface area contributed by atoms with Gasteiger partial charge in [0.25, 0.3) is 5.91 Å². The molecule has 6 nitrogen and oxygen atoms in total. The van der Waals surface area contributed by atoms with E-state index in [0.29, 0.717) is 5.69 Å². The first-order valence-electron chi connectivity index (χ1n) is 8.66. The van der Waals surface area contributed by atoms with Crippen LogP contribution >= 0.6 is 0 Å². The van der Waals surface area contributed by atoms with Crippen LogP contribution in [0.5, 0.6) is 0 Å². The van der Waals surface area contributed by atoms with Gasteiger partial charge in [0, 0.05) is 16.5 Å². The van der Waals surface area contributed by atoms with Crippen LogP contribution in [-0.2, 0) is 4.79 Å². The van der Waals surface area contributed by atoms with Gasteiger partial charge in [-0.1, -0.05) is 54.6 Å². The Bertz CT molecular complexity index is 1140. The number of nitrogens with one attached hydrogen (secondary N) is 3. The van der Waals surface area contributed by atoms with Gasteiger partial charge in [0.1, 0.15) is 6.04 Å². The van der Waals surface area contributed by atoms with E-state index >= 15 is 0 Å². The summed E-state index contributed by atoms with van der Waals surface area (Å²) in [4.78, 5) is 25.1. The van der Waals surface area contributed by atoms with E-state index in [1.165, 1.54) is 0 Å². The third-order valence-corrected chi connectivity index (χ3v) is 4.47. The number of aromatic amines is 1. The molecule has 4 aromatic rings. The van der Waals surface area contributed by atoms with E-state index in [9.17, 15) is 9.59 Å². The van der Waals surface area contributed by atoms with Crippen LogP contribution in [0.1, 0.15) is 17.4 Å². The van der Waals surface area contributed by atoms with Gasteiger partial charge in [-0.2, -0.15) is 5.10 Å². The Balaban J connectivity index is 1.50. The SMILES string of the molecule is CC(NC(=O)c1n[nH]c2ccccc12)C(=O)Nc1cccc2ccccc12. The van der Waals surface area contributed by atoms with Gasteiger partial charge in [-0.3, -0.25) is 14.7 Å². The summed E-state index contributed by atoms with van der Waals surface area (Å²) in [5.41, 5.74) is 1.76. The fourth-order valence-electron chi connectivity index (χ4n) is 3.04. The minimum Gasteiger partial charge on any atom is -0.339 e. The van der Waals surface area contributed by atoms with Crippen molar-refractivity contribution in [1.82, 2.24) is 15.5 Å². The molecule has 0 aliphatic heterocycles. The summed E-state index contributed by atoms with van der Waals surface area (Å²) in [7, 11) is 0. The lowest BCUT2D eigenvalue weighted by atomic mass is 10.1. The first-order chi connectivity index (χ1) is 13.1. The molecule has 0 saturated heterocycles. The molecule has 27 heavy (non-hydrogen) atoms. The number of nitrogens with zero attached hydrogens (tertiary/aromatic N) is 1. The van der Waals surface area contributed by atoms with Crippen molar-refractivity contribution in [3.05, 3.63) is 72.4 Å². The summed E-state index contributed by atoms with van der Waals surface area (Å²) in [6, 6.07) is 20.2. The zero-order chi connectivity index (χ0) is 18.8. The monoisotopic (exact) mass is 358 g/mol. The number of benzene rings is 3. The predicted octanol–water partition coefficient (Wildman–Crippen LogP) is 3.47. The van der Waals surface area contributed by atoms with Gasteiger partial charge in [-0.05, 0) is 24.4 Å². The molecule has 134 valence electrons. The summed E-state index contributed by atoms with van der Waals surface area (Å²) in [6.45, 7) is 1.65. The Kier molecular flexibility index (Phi) is 4.30. The Labute approximate surface area is 155 Å². The highest BCUT2D eigenvalue weighted by Gasteiger charge is 2.20. The van der Waals surface area contributed by atoms with E-state index in [1.54, 1.807) is 6.92 Å². The predicted molar refractivity (Wildman–Crippen MR) is 106 cm³/mol. The van der Waals surface area contributed by atoms with E-state index in [1.807, 2.05) is 66.7 Å². The van der Waals surface area contributed by atoms with Crippen LogP contribution in [0, 0.1) is 0 Å². The van der Waals surface area contributed by atoms with Crippen LogP contribution in [-0.4, -0.2) is 28.1 Å². The van der Waals surface area contributed by atoms with Crippen LogP contribution in [0.4, 0.5) is 5.69 Å². The number of aromatic nitrogens is 2. The largest absolute Gasteiger partial charge is 0.339 e. The molecule has 0 aliphatic rings. The Morgan fingerprint density at radius 1 is 0.926 bits per heavy atom. The number of rotatable bonds is 4. The van der Waals surface area contributed by atoms with Crippen molar-refractivity contribution in [2.45, 2.75) is 13.0 Å². The molecule has 0 aliphatic carbocycles. The third kappa shape index (κ3) is 3.25. The average Bonchev–Trinajstić information content (AvgIpc) is 3.12. The fourth-order valence-corrected chi connectivity index (χ4v) is 3.04. The number of hydrogen-bond acceptors (Lipinski definition) is 3. The van der Waals surface area contributed by atoms with Gasteiger partial charge in [-0.15, -0.1) is 0 Å². The molecule has 0 saturated carbocycles.